The molecular formula is C27H39NO5S. The van der Waals surface area contributed by atoms with Crippen molar-refractivity contribution in [2.75, 3.05) is 0 Å². The summed E-state index contributed by atoms with van der Waals surface area (Å²) in [7, 11) is 0. The molecule has 3 saturated carbocycles. The van der Waals surface area contributed by atoms with Crippen molar-refractivity contribution in [2.24, 2.45) is 28.6 Å². The lowest BCUT2D eigenvalue weighted by atomic mass is 9.47. The van der Waals surface area contributed by atoms with E-state index in [1.165, 1.54) is 26.3 Å². The average molecular weight is 490 g/mol. The van der Waals surface area contributed by atoms with Crippen LogP contribution in [0.1, 0.15) is 86.5 Å². The fourth-order valence-corrected chi connectivity index (χ4v) is 9.92. The summed E-state index contributed by atoms with van der Waals surface area (Å²) >= 11 is 1.15. The number of thioether (sulfide) groups is 1. The van der Waals surface area contributed by atoms with Gasteiger partial charge in [0.2, 0.25) is 5.91 Å². The minimum absolute atomic E-state index is 0.00459. The average Bonchev–Trinajstić information content (AvgIpc) is 2.96. The second-order valence-corrected chi connectivity index (χ2v) is 13.0. The highest BCUT2D eigenvalue weighted by Crippen LogP contribution is 2.70. The van der Waals surface area contributed by atoms with Crippen LogP contribution in [-0.4, -0.2) is 39.7 Å². The van der Waals surface area contributed by atoms with E-state index in [-0.39, 0.29) is 51.7 Å². The molecule has 0 aromatic heterocycles. The molecule has 0 saturated heterocycles. The SMILES string of the molecule is CC(=O)N[C@@H]1CC2C3CC=C4C[C@@H](OC(C)=O)CC[C@]4(C)C3CC[C@]2(C)[C@]1(SC(C)=O)C(C)=O. The van der Waals surface area contributed by atoms with E-state index in [9.17, 15) is 19.2 Å². The smallest absolute Gasteiger partial charge is 0.302 e. The molecule has 4 aliphatic carbocycles. The number of Topliss-reactive ketones (excluding diaryl/α,β-unsaturated/α-hetero) is 1. The molecule has 6 nitrogen and oxygen atoms in total. The van der Waals surface area contributed by atoms with Crippen molar-refractivity contribution in [3.05, 3.63) is 11.6 Å². The highest BCUT2D eigenvalue weighted by atomic mass is 32.2. The Bertz CT molecular complexity index is 945. The number of carbonyl (C=O) groups excluding carboxylic acids is 4. The molecule has 3 unspecified atom stereocenters. The number of esters is 1. The number of fused-ring (bicyclic) bond motifs is 5. The second-order valence-electron chi connectivity index (χ2n) is 11.6. The van der Waals surface area contributed by atoms with E-state index in [4.69, 9.17) is 4.74 Å². The maximum Gasteiger partial charge on any atom is 0.302 e. The van der Waals surface area contributed by atoms with Gasteiger partial charge in [-0.2, -0.15) is 0 Å². The topological polar surface area (TPSA) is 89.5 Å². The molecule has 8 atom stereocenters. The molecule has 1 N–H and O–H groups in total. The van der Waals surface area contributed by atoms with Crippen molar-refractivity contribution in [3.63, 3.8) is 0 Å². The Morgan fingerprint density at radius 3 is 2.32 bits per heavy atom. The third kappa shape index (κ3) is 3.77. The molecule has 0 aliphatic heterocycles. The fourth-order valence-electron chi connectivity index (χ4n) is 8.54. The van der Waals surface area contributed by atoms with E-state index in [0.717, 1.165) is 56.7 Å². The number of hydrogen-bond donors (Lipinski definition) is 1. The summed E-state index contributed by atoms with van der Waals surface area (Å²) in [6.07, 6.45) is 8.57. The summed E-state index contributed by atoms with van der Waals surface area (Å²) in [5, 5.41) is 3.02. The number of ether oxygens (including phenoxy) is 1. The summed E-state index contributed by atoms with van der Waals surface area (Å²) in [4.78, 5) is 49.5. The van der Waals surface area contributed by atoms with Gasteiger partial charge in [0.25, 0.3) is 0 Å². The van der Waals surface area contributed by atoms with Gasteiger partial charge in [-0.1, -0.05) is 37.3 Å². The number of allylic oxidation sites excluding steroid dienone is 1. The molecule has 0 bridgehead atoms. The van der Waals surface area contributed by atoms with Gasteiger partial charge in [0, 0.05) is 27.2 Å². The Labute approximate surface area is 207 Å². The van der Waals surface area contributed by atoms with Crippen LogP contribution in [0.25, 0.3) is 0 Å². The maximum atomic E-state index is 13.4. The van der Waals surface area contributed by atoms with Crippen LogP contribution in [0.15, 0.2) is 11.6 Å². The largest absolute Gasteiger partial charge is 0.462 e. The minimum Gasteiger partial charge on any atom is -0.462 e. The van der Waals surface area contributed by atoms with E-state index < -0.39 is 4.75 Å². The normalized spacial score (nSPS) is 43.0. The summed E-state index contributed by atoms with van der Waals surface area (Å²) in [5.41, 5.74) is 1.13. The van der Waals surface area contributed by atoms with Gasteiger partial charge in [0.15, 0.2) is 5.12 Å². The molecule has 0 spiro atoms. The van der Waals surface area contributed by atoms with Gasteiger partial charge in [-0.25, -0.2) is 0 Å². The van der Waals surface area contributed by atoms with Crippen LogP contribution in [0, 0.1) is 28.6 Å². The molecule has 188 valence electrons. The van der Waals surface area contributed by atoms with E-state index >= 15 is 0 Å². The first-order valence-corrected chi connectivity index (χ1v) is 13.5. The maximum absolute atomic E-state index is 13.4. The number of nitrogens with one attached hydrogen (secondary N) is 1. The molecule has 1 amide bonds. The Hall–Kier alpha value is -1.63. The van der Waals surface area contributed by atoms with Crippen LogP contribution in [-0.2, 0) is 23.9 Å². The van der Waals surface area contributed by atoms with Crippen LogP contribution < -0.4 is 5.32 Å². The predicted molar refractivity (Wildman–Crippen MR) is 132 cm³/mol. The Morgan fingerprint density at radius 1 is 1.03 bits per heavy atom. The summed E-state index contributed by atoms with van der Waals surface area (Å²) < 4.78 is 4.62. The Morgan fingerprint density at radius 2 is 1.74 bits per heavy atom. The monoisotopic (exact) mass is 489 g/mol. The first-order valence-electron chi connectivity index (χ1n) is 12.7. The number of rotatable bonds is 4. The van der Waals surface area contributed by atoms with Gasteiger partial charge < -0.3 is 10.1 Å². The van der Waals surface area contributed by atoms with E-state index in [0.29, 0.717) is 11.8 Å². The molecule has 4 aliphatic rings. The van der Waals surface area contributed by atoms with Gasteiger partial charge in [0.1, 0.15) is 16.6 Å². The molecule has 4 rings (SSSR count). The highest BCUT2D eigenvalue weighted by Gasteiger charge is 2.70. The number of ketones is 1. The molecular weight excluding hydrogens is 450 g/mol. The van der Waals surface area contributed by atoms with Crippen molar-refractivity contribution in [2.45, 2.75) is 103 Å². The summed E-state index contributed by atoms with van der Waals surface area (Å²) in [6, 6.07) is -0.344. The van der Waals surface area contributed by atoms with Crippen molar-refractivity contribution >= 4 is 34.5 Å². The lowest BCUT2D eigenvalue weighted by Crippen LogP contribution is -2.61. The standard InChI is InChI=1S/C27H39NO5S/c1-15(29)27(34-18(4)32)24(28-16(2)30)14-23-21-8-7-19-13-20(33-17(3)31)9-11-25(19,5)22(21)10-12-26(23,27)6/h7,20-24H,8-14H2,1-6H3,(H,28,30)/t20-,21?,22?,23?,24+,25-,26-,27-/m0/s1. The first kappa shape index (κ1) is 25.5. The van der Waals surface area contributed by atoms with Crippen molar-refractivity contribution in [1.29, 1.82) is 0 Å². The number of carbonyl (C=O) groups is 4. The van der Waals surface area contributed by atoms with E-state index in [1.807, 2.05) is 0 Å². The highest BCUT2D eigenvalue weighted by molar-refractivity contribution is 8.15. The predicted octanol–water partition coefficient (Wildman–Crippen LogP) is 4.60. The van der Waals surface area contributed by atoms with Crippen LogP contribution in [0.3, 0.4) is 0 Å². The van der Waals surface area contributed by atoms with Crippen LogP contribution in [0.4, 0.5) is 0 Å². The molecule has 3 fully saturated rings. The van der Waals surface area contributed by atoms with Gasteiger partial charge >= 0.3 is 5.97 Å². The second kappa shape index (κ2) is 8.79. The van der Waals surface area contributed by atoms with Gasteiger partial charge in [-0.15, -0.1) is 0 Å². The first-order chi connectivity index (χ1) is 15.8. The fraction of sp³-hybridized carbons (Fsp3) is 0.778. The van der Waals surface area contributed by atoms with Gasteiger partial charge in [-0.3, -0.25) is 19.2 Å². The lowest BCUT2D eigenvalue weighted by Gasteiger charge is -2.59. The van der Waals surface area contributed by atoms with Crippen LogP contribution in [0.2, 0.25) is 0 Å². The minimum atomic E-state index is -0.933. The van der Waals surface area contributed by atoms with E-state index in [1.54, 1.807) is 6.92 Å². The quantitative estimate of drug-likeness (QED) is 0.458. The molecule has 0 aromatic carbocycles. The Kier molecular flexibility index (Phi) is 6.58. The molecule has 34 heavy (non-hydrogen) atoms. The third-order valence-electron chi connectivity index (χ3n) is 9.81. The molecule has 0 aromatic rings. The number of hydrogen-bond acceptors (Lipinski definition) is 6. The number of amides is 1. The van der Waals surface area contributed by atoms with Crippen molar-refractivity contribution in [1.82, 2.24) is 5.32 Å². The zero-order valence-electron chi connectivity index (χ0n) is 21.4. The van der Waals surface area contributed by atoms with Gasteiger partial charge in [-0.05, 0) is 74.0 Å². The molecule has 0 heterocycles. The Balaban J connectivity index is 1.71. The lowest BCUT2D eigenvalue weighted by molar-refractivity contribution is -0.149. The zero-order valence-corrected chi connectivity index (χ0v) is 22.2. The summed E-state index contributed by atoms with van der Waals surface area (Å²) in [5.74, 6) is 0.777. The summed E-state index contributed by atoms with van der Waals surface area (Å²) in [6.45, 7) is 10.7. The van der Waals surface area contributed by atoms with Crippen molar-refractivity contribution < 1.29 is 23.9 Å². The third-order valence-corrected chi connectivity index (χ3v) is 11.5. The van der Waals surface area contributed by atoms with Gasteiger partial charge in [0.05, 0.1) is 6.04 Å². The van der Waals surface area contributed by atoms with Crippen LogP contribution >= 0.6 is 11.8 Å². The zero-order chi connectivity index (χ0) is 25.1. The molecule has 0 radical (unpaired) electrons. The van der Waals surface area contributed by atoms with Crippen molar-refractivity contribution in [3.8, 4) is 0 Å². The molecule has 7 heteroatoms. The van der Waals surface area contributed by atoms with E-state index in [2.05, 4.69) is 25.2 Å². The van der Waals surface area contributed by atoms with Crippen LogP contribution in [0.5, 0.6) is 0 Å².